The Balaban J connectivity index is 1.59. The van der Waals surface area contributed by atoms with Gasteiger partial charge in [-0.2, -0.15) is 4.68 Å². The maximum Gasteiger partial charge on any atom is 0.248 e. The quantitative estimate of drug-likeness (QED) is 0.298. The Morgan fingerprint density at radius 1 is 1.06 bits per heavy atom. The normalized spacial score (nSPS) is 16.2. The van der Waals surface area contributed by atoms with Crippen LogP contribution in [0.3, 0.4) is 0 Å². The summed E-state index contributed by atoms with van der Waals surface area (Å²) in [5.41, 5.74) is 3.36. The number of nitrogens with zero attached hydrogens (tertiary/aromatic N) is 6. The van der Waals surface area contributed by atoms with E-state index in [0.29, 0.717) is 22.2 Å². The van der Waals surface area contributed by atoms with Crippen molar-refractivity contribution in [2.24, 2.45) is 7.05 Å². The van der Waals surface area contributed by atoms with E-state index in [0.717, 1.165) is 25.9 Å². The number of rotatable bonds is 4. The van der Waals surface area contributed by atoms with Crippen LogP contribution in [0.4, 0.5) is 5.95 Å². The van der Waals surface area contributed by atoms with Crippen LogP contribution < -0.4 is 5.32 Å². The van der Waals surface area contributed by atoms with Gasteiger partial charge < -0.3 is 15.0 Å². The van der Waals surface area contributed by atoms with Gasteiger partial charge in [0.15, 0.2) is 5.60 Å². The summed E-state index contributed by atoms with van der Waals surface area (Å²) in [5.74, 6) is 0.537. The number of tetrazole rings is 1. The van der Waals surface area contributed by atoms with Crippen LogP contribution in [-0.4, -0.2) is 34.9 Å². The van der Waals surface area contributed by atoms with Gasteiger partial charge in [0.25, 0.3) is 0 Å². The van der Waals surface area contributed by atoms with E-state index in [2.05, 4.69) is 48.4 Å². The number of aliphatic hydroxyl groups is 1. The summed E-state index contributed by atoms with van der Waals surface area (Å²) in [6, 6.07) is 21.1. The second-order valence-corrected chi connectivity index (χ2v) is 10.1. The Bertz CT molecular complexity index is 1550. The summed E-state index contributed by atoms with van der Waals surface area (Å²) >= 11 is 8.59. The predicted molar refractivity (Wildman–Crippen MR) is 141 cm³/mol. The molecule has 3 heterocycles. The molecule has 1 aliphatic heterocycles. The number of aromatic nitrogens is 6. The molecule has 2 unspecified atom stereocenters. The third-order valence-electron chi connectivity index (χ3n) is 6.36. The van der Waals surface area contributed by atoms with Crippen molar-refractivity contribution in [2.45, 2.75) is 11.6 Å². The molecule has 8 nitrogen and oxygen atoms in total. The van der Waals surface area contributed by atoms with Gasteiger partial charge in [-0.1, -0.05) is 47.0 Å². The van der Waals surface area contributed by atoms with Gasteiger partial charge in [0.05, 0.1) is 29.9 Å². The number of anilines is 1. The molecule has 6 rings (SSSR count). The van der Waals surface area contributed by atoms with Crippen molar-refractivity contribution in [3.63, 3.8) is 0 Å². The lowest BCUT2D eigenvalue weighted by molar-refractivity contribution is 0.117. The molecule has 1 aliphatic rings. The van der Waals surface area contributed by atoms with E-state index in [-0.39, 0.29) is 6.04 Å². The minimum Gasteiger partial charge on any atom is -0.374 e. The highest BCUT2D eigenvalue weighted by Crippen LogP contribution is 2.42. The van der Waals surface area contributed by atoms with Crippen LogP contribution in [0, 0.1) is 3.57 Å². The van der Waals surface area contributed by atoms with Crippen LogP contribution in [0.25, 0.3) is 5.69 Å². The van der Waals surface area contributed by atoms with E-state index in [1.165, 1.54) is 0 Å². The average molecular weight is 596 g/mol. The standard InChI is InChI=1S/C25H19ClIN7O/c1-33-14-28-13-22(33)25(35,16-5-8-19(27)9-6-16)17-7-10-21-20(12-17)23(15-3-2-4-18(26)11-15)29-24-30-31-32-34(21)24/h2-14,23,35H,1H3,(H,29,30,32). The summed E-state index contributed by atoms with van der Waals surface area (Å²) < 4.78 is 4.58. The molecule has 2 aromatic heterocycles. The second kappa shape index (κ2) is 8.43. The van der Waals surface area contributed by atoms with Crippen molar-refractivity contribution in [1.29, 1.82) is 0 Å². The molecule has 35 heavy (non-hydrogen) atoms. The monoisotopic (exact) mass is 595 g/mol. The number of nitrogens with one attached hydrogen (secondary N) is 1. The van der Waals surface area contributed by atoms with Gasteiger partial charge in [0, 0.05) is 21.2 Å². The van der Waals surface area contributed by atoms with Crippen molar-refractivity contribution < 1.29 is 5.11 Å². The summed E-state index contributed by atoms with van der Waals surface area (Å²) in [6.07, 6.45) is 3.39. The Kier molecular flexibility index (Phi) is 5.35. The van der Waals surface area contributed by atoms with Crippen molar-refractivity contribution in [2.75, 3.05) is 5.32 Å². The fourth-order valence-electron chi connectivity index (χ4n) is 4.66. The van der Waals surface area contributed by atoms with Crippen LogP contribution >= 0.6 is 34.2 Å². The van der Waals surface area contributed by atoms with Gasteiger partial charge in [0.2, 0.25) is 5.95 Å². The molecule has 10 heteroatoms. The van der Waals surface area contributed by atoms with Gasteiger partial charge in [0.1, 0.15) is 0 Å². The van der Waals surface area contributed by atoms with E-state index in [9.17, 15) is 5.11 Å². The molecular formula is C25H19ClIN7O. The van der Waals surface area contributed by atoms with Crippen LogP contribution in [0.2, 0.25) is 5.02 Å². The maximum atomic E-state index is 12.4. The maximum absolute atomic E-state index is 12.4. The third-order valence-corrected chi connectivity index (χ3v) is 7.31. The molecule has 3 aromatic carbocycles. The minimum atomic E-state index is -1.44. The third kappa shape index (κ3) is 3.62. The number of imidazole rings is 1. The fraction of sp³-hybridized carbons (Fsp3) is 0.120. The van der Waals surface area contributed by atoms with E-state index in [1.807, 2.05) is 78.3 Å². The number of aryl methyl sites for hydroxylation is 1. The molecule has 0 saturated heterocycles. The van der Waals surface area contributed by atoms with Crippen molar-refractivity contribution in [3.8, 4) is 5.69 Å². The first kappa shape index (κ1) is 22.2. The van der Waals surface area contributed by atoms with E-state index < -0.39 is 5.60 Å². The molecule has 5 aromatic rings. The van der Waals surface area contributed by atoms with Gasteiger partial charge in [-0.25, -0.2) is 4.98 Å². The molecule has 0 aliphatic carbocycles. The summed E-state index contributed by atoms with van der Waals surface area (Å²) in [6.45, 7) is 0. The molecule has 0 spiro atoms. The number of halogens is 2. The van der Waals surface area contributed by atoms with Crippen LogP contribution in [0.15, 0.2) is 79.3 Å². The van der Waals surface area contributed by atoms with Crippen molar-refractivity contribution >= 4 is 40.1 Å². The fourth-order valence-corrected chi connectivity index (χ4v) is 5.22. The summed E-state index contributed by atoms with van der Waals surface area (Å²) in [7, 11) is 1.88. The Hall–Kier alpha value is -3.28. The number of benzene rings is 3. The zero-order chi connectivity index (χ0) is 24.2. The SMILES string of the molecule is Cn1cncc1C(O)(c1ccc(I)cc1)c1ccc2c(c1)C(c1cccc(Cl)c1)Nc1nnnn1-2. The molecule has 0 fully saturated rings. The zero-order valence-electron chi connectivity index (χ0n) is 18.5. The van der Waals surface area contributed by atoms with Gasteiger partial charge in [-0.3, -0.25) is 0 Å². The van der Waals surface area contributed by atoms with E-state index in [4.69, 9.17) is 11.6 Å². The topological polar surface area (TPSA) is 93.7 Å². The predicted octanol–water partition coefficient (Wildman–Crippen LogP) is 4.45. The lowest BCUT2D eigenvalue weighted by atomic mass is 9.81. The largest absolute Gasteiger partial charge is 0.374 e. The number of hydrogen-bond donors (Lipinski definition) is 2. The Morgan fingerprint density at radius 2 is 1.86 bits per heavy atom. The highest BCUT2D eigenvalue weighted by molar-refractivity contribution is 14.1. The smallest absolute Gasteiger partial charge is 0.248 e. The average Bonchev–Trinajstić information content (AvgIpc) is 3.52. The molecule has 2 atom stereocenters. The minimum absolute atomic E-state index is 0.269. The van der Waals surface area contributed by atoms with E-state index in [1.54, 1.807) is 17.2 Å². The highest BCUT2D eigenvalue weighted by atomic mass is 127. The van der Waals surface area contributed by atoms with Crippen molar-refractivity contribution in [1.82, 2.24) is 29.8 Å². The summed E-state index contributed by atoms with van der Waals surface area (Å²) in [5, 5.41) is 28.6. The lowest BCUT2D eigenvalue weighted by Gasteiger charge is -2.33. The molecule has 0 saturated carbocycles. The van der Waals surface area contributed by atoms with Gasteiger partial charge in [-0.05, 0) is 86.1 Å². The number of fused-ring (bicyclic) bond motifs is 3. The second-order valence-electron chi connectivity index (χ2n) is 8.43. The Labute approximate surface area is 219 Å². The first-order chi connectivity index (χ1) is 16.9. The first-order valence-corrected chi connectivity index (χ1v) is 12.3. The molecule has 0 bridgehead atoms. The Morgan fingerprint density at radius 3 is 2.60 bits per heavy atom. The van der Waals surface area contributed by atoms with Crippen LogP contribution in [0.1, 0.15) is 34.0 Å². The number of hydrogen-bond acceptors (Lipinski definition) is 6. The highest BCUT2D eigenvalue weighted by Gasteiger charge is 2.38. The van der Waals surface area contributed by atoms with Crippen molar-refractivity contribution in [3.05, 3.63) is 116 Å². The van der Waals surface area contributed by atoms with Gasteiger partial charge in [-0.15, -0.1) is 0 Å². The van der Waals surface area contributed by atoms with Crippen LogP contribution in [0.5, 0.6) is 0 Å². The first-order valence-electron chi connectivity index (χ1n) is 10.9. The molecular weight excluding hydrogens is 577 g/mol. The zero-order valence-corrected chi connectivity index (χ0v) is 21.4. The van der Waals surface area contributed by atoms with E-state index >= 15 is 0 Å². The lowest BCUT2D eigenvalue weighted by Crippen LogP contribution is -2.32. The van der Waals surface area contributed by atoms with Crippen LogP contribution in [-0.2, 0) is 12.6 Å². The molecule has 2 N–H and O–H groups in total. The summed E-state index contributed by atoms with van der Waals surface area (Å²) in [4.78, 5) is 4.28. The molecule has 0 amide bonds. The molecule has 0 radical (unpaired) electrons. The van der Waals surface area contributed by atoms with Gasteiger partial charge >= 0.3 is 0 Å². The molecule has 174 valence electrons.